The van der Waals surface area contributed by atoms with Crippen molar-refractivity contribution in [2.75, 3.05) is 13.1 Å². The molecule has 1 aliphatic rings. The lowest BCUT2D eigenvalue weighted by Crippen LogP contribution is -2.22. The Bertz CT molecular complexity index is 897. The van der Waals surface area contributed by atoms with Gasteiger partial charge < -0.3 is 5.11 Å². The van der Waals surface area contributed by atoms with Gasteiger partial charge in [0, 0.05) is 43.8 Å². The zero-order valence-corrected chi connectivity index (χ0v) is 13.5. The van der Waals surface area contributed by atoms with Gasteiger partial charge in [-0.3, -0.25) is 14.3 Å². The number of aromatic carboxylic acids is 1. The van der Waals surface area contributed by atoms with Gasteiger partial charge in [-0.2, -0.15) is 10.2 Å². The second-order valence-corrected chi connectivity index (χ2v) is 6.31. The number of carbonyl (C=O) groups is 1. The van der Waals surface area contributed by atoms with E-state index in [9.17, 15) is 9.90 Å². The molecule has 1 atom stereocenters. The second kappa shape index (κ2) is 5.76. The molecule has 1 aliphatic heterocycles. The lowest BCUT2D eigenvalue weighted by Gasteiger charge is -2.16. The van der Waals surface area contributed by atoms with Crippen LogP contribution in [0.2, 0.25) is 0 Å². The van der Waals surface area contributed by atoms with E-state index in [4.69, 9.17) is 0 Å². The van der Waals surface area contributed by atoms with Crippen molar-refractivity contribution in [3.05, 3.63) is 47.9 Å². The molecule has 1 N–H and O–H groups in total. The summed E-state index contributed by atoms with van der Waals surface area (Å²) in [4.78, 5) is 13.6. The number of likely N-dealkylation sites (tertiary alicyclic amines) is 1. The molecule has 1 unspecified atom stereocenters. The van der Waals surface area contributed by atoms with Crippen LogP contribution in [-0.4, -0.2) is 48.6 Å². The van der Waals surface area contributed by atoms with Crippen molar-refractivity contribution in [3.63, 3.8) is 0 Å². The van der Waals surface area contributed by atoms with Crippen molar-refractivity contribution in [3.8, 4) is 0 Å². The maximum absolute atomic E-state index is 11.3. The highest BCUT2D eigenvalue weighted by Gasteiger charge is 2.27. The lowest BCUT2D eigenvalue weighted by molar-refractivity contribution is 0.0687. The van der Waals surface area contributed by atoms with Crippen LogP contribution in [0.3, 0.4) is 0 Å². The number of benzene rings is 1. The minimum Gasteiger partial charge on any atom is -0.476 e. The Labute approximate surface area is 139 Å². The van der Waals surface area contributed by atoms with Crippen LogP contribution in [0, 0.1) is 0 Å². The van der Waals surface area contributed by atoms with Gasteiger partial charge in [0.2, 0.25) is 0 Å². The van der Waals surface area contributed by atoms with Crippen LogP contribution in [0.1, 0.15) is 28.5 Å². The number of hydrogen-bond acceptors (Lipinski definition) is 4. The number of carboxylic acid groups (broad SMARTS) is 1. The van der Waals surface area contributed by atoms with Crippen LogP contribution in [-0.2, 0) is 13.6 Å². The normalized spacial score (nSPS) is 18.5. The molecular weight excluding hydrogens is 306 g/mol. The van der Waals surface area contributed by atoms with E-state index in [1.54, 1.807) is 17.9 Å². The minimum atomic E-state index is -0.973. The van der Waals surface area contributed by atoms with Gasteiger partial charge >= 0.3 is 5.97 Å². The second-order valence-electron chi connectivity index (χ2n) is 6.31. The monoisotopic (exact) mass is 325 g/mol. The molecule has 124 valence electrons. The van der Waals surface area contributed by atoms with Gasteiger partial charge in [0.1, 0.15) is 0 Å². The molecule has 2 aromatic heterocycles. The summed E-state index contributed by atoms with van der Waals surface area (Å²) in [6.45, 7) is 2.39. The molecule has 4 rings (SSSR count). The summed E-state index contributed by atoms with van der Waals surface area (Å²) in [6, 6.07) is 8.53. The molecule has 0 amide bonds. The largest absolute Gasteiger partial charge is 0.476 e. The third-order valence-electron chi connectivity index (χ3n) is 4.60. The molecule has 1 aromatic carbocycles. The van der Waals surface area contributed by atoms with Gasteiger partial charge in [0.25, 0.3) is 0 Å². The number of carboxylic acids is 1. The average Bonchev–Trinajstić information content (AvgIpc) is 3.25. The van der Waals surface area contributed by atoms with Gasteiger partial charge in [-0.25, -0.2) is 4.79 Å². The van der Waals surface area contributed by atoms with Crippen molar-refractivity contribution in [2.45, 2.75) is 19.0 Å². The van der Waals surface area contributed by atoms with E-state index in [1.165, 1.54) is 0 Å². The van der Waals surface area contributed by atoms with E-state index in [0.717, 1.165) is 36.0 Å². The highest BCUT2D eigenvalue weighted by atomic mass is 16.4. The molecule has 7 nitrogen and oxygen atoms in total. The van der Waals surface area contributed by atoms with Crippen LogP contribution in [0.25, 0.3) is 10.9 Å². The summed E-state index contributed by atoms with van der Waals surface area (Å²) in [5.41, 5.74) is 2.05. The Kier molecular flexibility index (Phi) is 3.57. The predicted octanol–water partition coefficient (Wildman–Crippen LogP) is 1.92. The molecule has 0 spiro atoms. The van der Waals surface area contributed by atoms with Crippen molar-refractivity contribution in [1.29, 1.82) is 0 Å². The van der Waals surface area contributed by atoms with Crippen LogP contribution in [0.4, 0.5) is 0 Å². The standard InChI is InChI=1S/C17H19N5O2/c1-20-9-13(16(19-20)17(23)24)10-21-7-6-14(11-21)22-15-5-3-2-4-12(15)8-18-22/h2-5,8-9,14H,6-7,10-11H2,1H3,(H,23,24). The van der Waals surface area contributed by atoms with Crippen molar-refractivity contribution in [1.82, 2.24) is 24.5 Å². The zero-order valence-electron chi connectivity index (χ0n) is 13.5. The predicted molar refractivity (Wildman–Crippen MR) is 88.8 cm³/mol. The summed E-state index contributed by atoms with van der Waals surface area (Å²) >= 11 is 0. The molecule has 0 saturated carbocycles. The number of fused-ring (bicyclic) bond motifs is 1. The number of hydrogen-bond donors (Lipinski definition) is 1. The Morgan fingerprint density at radius 3 is 3.04 bits per heavy atom. The van der Waals surface area contributed by atoms with Gasteiger partial charge in [0.15, 0.2) is 5.69 Å². The van der Waals surface area contributed by atoms with Gasteiger partial charge in [0.05, 0.1) is 17.8 Å². The summed E-state index contributed by atoms with van der Waals surface area (Å²) in [7, 11) is 1.75. The van der Waals surface area contributed by atoms with Crippen molar-refractivity contribution in [2.24, 2.45) is 7.05 Å². The van der Waals surface area contributed by atoms with E-state index in [2.05, 4.69) is 31.9 Å². The van der Waals surface area contributed by atoms with Crippen LogP contribution < -0.4 is 0 Å². The van der Waals surface area contributed by atoms with E-state index < -0.39 is 5.97 Å². The van der Waals surface area contributed by atoms with Crippen molar-refractivity contribution < 1.29 is 9.90 Å². The summed E-state index contributed by atoms with van der Waals surface area (Å²) < 4.78 is 3.66. The van der Waals surface area contributed by atoms with Crippen LogP contribution >= 0.6 is 0 Å². The first-order valence-electron chi connectivity index (χ1n) is 8.02. The number of aryl methyl sites for hydroxylation is 1. The smallest absolute Gasteiger partial charge is 0.356 e. The van der Waals surface area contributed by atoms with E-state index >= 15 is 0 Å². The molecule has 0 bridgehead atoms. The number of aromatic nitrogens is 4. The summed E-state index contributed by atoms with van der Waals surface area (Å²) in [5.74, 6) is -0.973. The van der Waals surface area contributed by atoms with Crippen LogP contribution in [0.5, 0.6) is 0 Å². The van der Waals surface area contributed by atoms with Gasteiger partial charge in [-0.05, 0) is 12.5 Å². The highest BCUT2D eigenvalue weighted by molar-refractivity contribution is 5.86. The molecule has 7 heteroatoms. The highest BCUT2D eigenvalue weighted by Crippen LogP contribution is 2.26. The topological polar surface area (TPSA) is 76.2 Å². The molecule has 24 heavy (non-hydrogen) atoms. The van der Waals surface area contributed by atoms with Gasteiger partial charge in [-0.1, -0.05) is 18.2 Å². The first kappa shape index (κ1) is 14.9. The molecule has 3 aromatic rings. The Balaban J connectivity index is 1.52. The molecule has 1 fully saturated rings. The number of para-hydroxylation sites is 1. The third kappa shape index (κ3) is 2.56. The molecule has 0 radical (unpaired) electrons. The fourth-order valence-corrected chi connectivity index (χ4v) is 3.51. The Morgan fingerprint density at radius 1 is 1.38 bits per heavy atom. The molecule has 1 saturated heterocycles. The maximum atomic E-state index is 11.3. The first-order chi connectivity index (χ1) is 11.6. The zero-order chi connectivity index (χ0) is 16.7. The van der Waals surface area contributed by atoms with E-state index in [1.807, 2.05) is 18.3 Å². The van der Waals surface area contributed by atoms with Crippen LogP contribution in [0.15, 0.2) is 36.7 Å². The first-order valence-corrected chi connectivity index (χ1v) is 8.02. The lowest BCUT2D eigenvalue weighted by atomic mass is 10.2. The number of nitrogens with zero attached hydrogens (tertiary/aromatic N) is 5. The van der Waals surface area contributed by atoms with Crippen molar-refractivity contribution >= 4 is 16.9 Å². The molecular formula is C17H19N5O2. The van der Waals surface area contributed by atoms with E-state index in [0.29, 0.717) is 12.6 Å². The SMILES string of the molecule is Cn1cc(CN2CCC(n3ncc4ccccc43)C2)c(C(=O)O)n1. The average molecular weight is 325 g/mol. The molecule has 0 aliphatic carbocycles. The molecule has 3 heterocycles. The fourth-order valence-electron chi connectivity index (χ4n) is 3.51. The summed E-state index contributed by atoms with van der Waals surface area (Å²) in [5, 5.41) is 19.0. The van der Waals surface area contributed by atoms with E-state index in [-0.39, 0.29) is 5.69 Å². The Morgan fingerprint density at radius 2 is 2.21 bits per heavy atom. The Hall–Kier alpha value is -2.67. The fraction of sp³-hybridized carbons (Fsp3) is 0.353. The quantitative estimate of drug-likeness (QED) is 0.793. The summed E-state index contributed by atoms with van der Waals surface area (Å²) in [6.07, 6.45) is 4.70. The maximum Gasteiger partial charge on any atom is 0.356 e. The minimum absolute atomic E-state index is 0.144. The van der Waals surface area contributed by atoms with Gasteiger partial charge in [-0.15, -0.1) is 0 Å². The number of rotatable bonds is 4. The third-order valence-corrected chi connectivity index (χ3v) is 4.60.